The molecule has 1 aliphatic rings. The summed E-state index contributed by atoms with van der Waals surface area (Å²) in [7, 11) is 0. The van der Waals surface area contributed by atoms with Gasteiger partial charge in [-0.2, -0.15) is 0 Å². The first-order valence-electron chi connectivity index (χ1n) is 4.59. The van der Waals surface area contributed by atoms with Gasteiger partial charge in [-0.05, 0) is 25.7 Å². The lowest BCUT2D eigenvalue weighted by Crippen LogP contribution is -2.30. The van der Waals surface area contributed by atoms with Crippen molar-refractivity contribution in [3.05, 3.63) is 12.2 Å². The quantitative estimate of drug-likeness (QED) is 0.566. The van der Waals surface area contributed by atoms with Gasteiger partial charge in [0.1, 0.15) is 0 Å². The van der Waals surface area contributed by atoms with E-state index in [9.17, 15) is 0 Å². The third-order valence-electron chi connectivity index (χ3n) is 2.43. The summed E-state index contributed by atoms with van der Waals surface area (Å²) in [5.41, 5.74) is 0. The Morgan fingerprint density at radius 1 is 1.45 bits per heavy atom. The number of allylic oxidation sites excluding steroid dienone is 1. The van der Waals surface area contributed by atoms with E-state index in [1.54, 1.807) is 0 Å². The van der Waals surface area contributed by atoms with E-state index in [1.807, 2.05) is 13.0 Å². The van der Waals surface area contributed by atoms with Gasteiger partial charge in [-0.15, -0.1) is 0 Å². The van der Waals surface area contributed by atoms with Gasteiger partial charge in [0.25, 0.3) is 0 Å². The molecular weight excluding hydrogens is 136 g/mol. The Hall–Kier alpha value is -0.300. The zero-order valence-corrected chi connectivity index (χ0v) is 7.55. The highest BCUT2D eigenvalue weighted by Gasteiger charge is 2.27. The van der Waals surface area contributed by atoms with Crippen LogP contribution < -0.4 is 0 Å². The maximum atomic E-state index is 5.56. The highest BCUT2D eigenvalue weighted by atomic mass is 16.5. The van der Waals surface area contributed by atoms with E-state index in [0.29, 0.717) is 6.10 Å². The highest BCUT2D eigenvalue weighted by molar-refractivity contribution is 4.82. The van der Waals surface area contributed by atoms with Crippen molar-refractivity contribution in [2.75, 3.05) is 6.61 Å². The van der Waals surface area contributed by atoms with Gasteiger partial charge in [-0.25, -0.2) is 0 Å². The Morgan fingerprint density at radius 3 is 2.73 bits per heavy atom. The predicted octanol–water partition coefficient (Wildman–Crippen LogP) is 2.77. The van der Waals surface area contributed by atoms with Gasteiger partial charge in [0.05, 0.1) is 12.7 Å². The van der Waals surface area contributed by atoms with Crippen molar-refractivity contribution >= 4 is 0 Å². The smallest absolute Gasteiger partial charge is 0.0651 e. The molecule has 0 N–H and O–H groups in total. The summed E-state index contributed by atoms with van der Waals surface area (Å²) in [6, 6.07) is 0. The summed E-state index contributed by atoms with van der Waals surface area (Å²) in [4.78, 5) is 0. The normalized spacial score (nSPS) is 30.7. The first kappa shape index (κ1) is 8.79. The number of rotatable bonds is 4. The fourth-order valence-electron chi connectivity index (χ4n) is 1.43. The number of hydrogen-bond donors (Lipinski definition) is 0. The van der Waals surface area contributed by atoms with Gasteiger partial charge in [0.15, 0.2) is 0 Å². The maximum absolute atomic E-state index is 5.56. The summed E-state index contributed by atoms with van der Waals surface area (Å²) in [6.07, 6.45) is 8.57. The molecule has 0 heterocycles. The van der Waals surface area contributed by atoms with Crippen molar-refractivity contribution in [1.82, 2.24) is 0 Å². The topological polar surface area (TPSA) is 9.23 Å². The largest absolute Gasteiger partial charge is 0.374 e. The molecule has 0 aliphatic heterocycles. The summed E-state index contributed by atoms with van der Waals surface area (Å²) >= 11 is 0. The molecule has 1 nitrogen and oxygen atoms in total. The lowest BCUT2D eigenvalue weighted by atomic mass is 9.80. The average Bonchev–Trinajstić information content (AvgIpc) is 1.94. The second kappa shape index (κ2) is 4.55. The molecule has 1 heteroatoms. The minimum atomic E-state index is 0.566. The van der Waals surface area contributed by atoms with Gasteiger partial charge in [0, 0.05) is 0 Å². The lowest BCUT2D eigenvalue weighted by molar-refractivity contribution is -0.0180. The van der Waals surface area contributed by atoms with Crippen LogP contribution in [0.1, 0.15) is 33.1 Å². The van der Waals surface area contributed by atoms with Gasteiger partial charge in [-0.1, -0.05) is 25.5 Å². The van der Waals surface area contributed by atoms with Crippen LogP contribution in [0.25, 0.3) is 0 Å². The maximum Gasteiger partial charge on any atom is 0.0651 e. The van der Waals surface area contributed by atoms with Crippen molar-refractivity contribution in [3.8, 4) is 0 Å². The molecule has 0 bridgehead atoms. The standard InChI is InChI=1S/C10H18O/c1-3-5-6-11-10-7-9(4-2)8-10/h3,5,9-10H,4,6-8H2,1-2H3. The van der Waals surface area contributed by atoms with Crippen LogP contribution in [0.3, 0.4) is 0 Å². The summed E-state index contributed by atoms with van der Waals surface area (Å²) in [5, 5.41) is 0. The third-order valence-corrected chi connectivity index (χ3v) is 2.43. The first-order chi connectivity index (χ1) is 5.36. The molecule has 0 amide bonds. The summed E-state index contributed by atoms with van der Waals surface area (Å²) in [5.74, 6) is 0.950. The molecule has 11 heavy (non-hydrogen) atoms. The first-order valence-corrected chi connectivity index (χ1v) is 4.59. The molecule has 1 aliphatic carbocycles. The monoisotopic (exact) mass is 154 g/mol. The van der Waals surface area contributed by atoms with Crippen LogP contribution in [0.4, 0.5) is 0 Å². The Bertz CT molecular complexity index is 123. The summed E-state index contributed by atoms with van der Waals surface area (Å²) in [6.45, 7) is 5.09. The molecule has 0 saturated heterocycles. The molecule has 1 fully saturated rings. The van der Waals surface area contributed by atoms with E-state index in [0.717, 1.165) is 12.5 Å². The Kier molecular flexibility index (Phi) is 3.64. The zero-order chi connectivity index (χ0) is 8.10. The van der Waals surface area contributed by atoms with Crippen molar-refractivity contribution in [2.24, 2.45) is 5.92 Å². The van der Waals surface area contributed by atoms with Crippen LogP contribution in [0.5, 0.6) is 0 Å². The van der Waals surface area contributed by atoms with E-state index in [1.165, 1.54) is 19.3 Å². The van der Waals surface area contributed by atoms with E-state index >= 15 is 0 Å². The molecule has 0 aromatic carbocycles. The molecule has 0 radical (unpaired) electrons. The van der Waals surface area contributed by atoms with Crippen LogP contribution in [-0.4, -0.2) is 12.7 Å². The molecule has 0 aromatic rings. The fourth-order valence-corrected chi connectivity index (χ4v) is 1.43. The number of hydrogen-bond acceptors (Lipinski definition) is 1. The Morgan fingerprint density at radius 2 is 2.18 bits per heavy atom. The van der Waals surface area contributed by atoms with Gasteiger partial charge in [0.2, 0.25) is 0 Å². The minimum Gasteiger partial charge on any atom is -0.374 e. The van der Waals surface area contributed by atoms with Gasteiger partial charge < -0.3 is 4.74 Å². The van der Waals surface area contributed by atoms with E-state index in [2.05, 4.69) is 13.0 Å². The van der Waals surface area contributed by atoms with Crippen LogP contribution >= 0.6 is 0 Å². The third kappa shape index (κ3) is 2.66. The fraction of sp³-hybridized carbons (Fsp3) is 0.800. The highest BCUT2D eigenvalue weighted by Crippen LogP contribution is 2.32. The van der Waals surface area contributed by atoms with Crippen LogP contribution in [-0.2, 0) is 4.74 Å². The van der Waals surface area contributed by atoms with E-state index in [4.69, 9.17) is 4.74 Å². The zero-order valence-electron chi connectivity index (χ0n) is 7.55. The lowest BCUT2D eigenvalue weighted by Gasteiger charge is -2.34. The molecular formula is C10H18O. The van der Waals surface area contributed by atoms with Crippen LogP contribution in [0.2, 0.25) is 0 Å². The van der Waals surface area contributed by atoms with E-state index in [-0.39, 0.29) is 0 Å². The average molecular weight is 154 g/mol. The second-order valence-corrected chi connectivity index (χ2v) is 3.27. The molecule has 1 rings (SSSR count). The molecule has 0 unspecified atom stereocenters. The van der Waals surface area contributed by atoms with Gasteiger partial charge in [-0.3, -0.25) is 0 Å². The van der Waals surface area contributed by atoms with Crippen molar-refractivity contribution in [1.29, 1.82) is 0 Å². The molecule has 0 spiro atoms. The minimum absolute atomic E-state index is 0.566. The molecule has 0 aromatic heterocycles. The van der Waals surface area contributed by atoms with Crippen LogP contribution in [0, 0.1) is 5.92 Å². The molecule has 0 atom stereocenters. The second-order valence-electron chi connectivity index (χ2n) is 3.27. The summed E-state index contributed by atoms with van der Waals surface area (Å²) < 4.78 is 5.56. The molecule has 1 saturated carbocycles. The van der Waals surface area contributed by atoms with E-state index < -0.39 is 0 Å². The van der Waals surface area contributed by atoms with Crippen molar-refractivity contribution in [2.45, 2.75) is 39.2 Å². The van der Waals surface area contributed by atoms with Crippen molar-refractivity contribution < 1.29 is 4.74 Å². The van der Waals surface area contributed by atoms with Crippen molar-refractivity contribution in [3.63, 3.8) is 0 Å². The SMILES string of the molecule is CC=CCOC1CC(CC)C1. The Labute approximate surface area is 69.4 Å². The predicted molar refractivity (Wildman–Crippen MR) is 47.6 cm³/mol. The van der Waals surface area contributed by atoms with Crippen LogP contribution in [0.15, 0.2) is 12.2 Å². The Balaban J connectivity index is 1.96. The van der Waals surface area contributed by atoms with Gasteiger partial charge >= 0.3 is 0 Å². The molecule has 64 valence electrons. The number of ether oxygens (including phenoxy) is 1.